The highest BCUT2D eigenvalue weighted by Crippen LogP contribution is 2.35. The fourth-order valence-corrected chi connectivity index (χ4v) is 3.54. The summed E-state index contributed by atoms with van der Waals surface area (Å²) in [4.78, 5) is 9.33. The summed E-state index contributed by atoms with van der Waals surface area (Å²) in [6.07, 6.45) is 3.19. The topological polar surface area (TPSA) is 37.8 Å². The van der Waals surface area contributed by atoms with Crippen LogP contribution in [0.1, 0.15) is 18.9 Å². The van der Waals surface area contributed by atoms with Gasteiger partial charge in [0.2, 0.25) is 0 Å². The number of rotatable bonds is 5. The van der Waals surface area contributed by atoms with E-state index >= 15 is 0 Å². The van der Waals surface area contributed by atoms with Gasteiger partial charge in [-0.05, 0) is 25.0 Å². The zero-order valence-corrected chi connectivity index (χ0v) is 13.7. The van der Waals surface area contributed by atoms with Crippen LogP contribution < -0.4 is 9.47 Å². The van der Waals surface area contributed by atoms with Crippen LogP contribution in [0.5, 0.6) is 11.6 Å². The van der Waals surface area contributed by atoms with Gasteiger partial charge in [-0.15, -0.1) is 0 Å². The van der Waals surface area contributed by atoms with Crippen molar-refractivity contribution in [3.05, 3.63) is 17.8 Å². The average Bonchev–Trinajstić information content (AvgIpc) is 2.52. The summed E-state index contributed by atoms with van der Waals surface area (Å²) in [5.41, 5.74) is 1.18. The van der Waals surface area contributed by atoms with Crippen LogP contribution in [0.3, 0.4) is 0 Å². The maximum atomic E-state index is 5.33. The molecule has 2 fully saturated rings. The van der Waals surface area contributed by atoms with Gasteiger partial charge in [-0.25, -0.2) is 4.98 Å². The van der Waals surface area contributed by atoms with E-state index in [0.29, 0.717) is 29.1 Å². The molecule has 21 heavy (non-hydrogen) atoms. The first-order valence-electron chi connectivity index (χ1n) is 7.37. The Morgan fingerprint density at radius 1 is 1.33 bits per heavy atom. The lowest BCUT2D eigenvalue weighted by Crippen LogP contribution is -2.68. The van der Waals surface area contributed by atoms with E-state index in [1.165, 1.54) is 12.0 Å². The molecule has 0 aromatic carbocycles. The highest BCUT2D eigenvalue weighted by atomic mass is 32.1. The monoisotopic (exact) mass is 309 g/mol. The van der Waals surface area contributed by atoms with Crippen molar-refractivity contribution in [1.82, 2.24) is 14.8 Å². The molecule has 2 aliphatic heterocycles. The van der Waals surface area contributed by atoms with Crippen molar-refractivity contribution in [2.75, 3.05) is 27.3 Å². The summed E-state index contributed by atoms with van der Waals surface area (Å²) in [7, 11) is 3.26. The molecule has 5 nitrogen and oxygen atoms in total. The number of aromatic nitrogens is 1. The fraction of sp³-hybridized carbons (Fsp3) is 0.667. The first kappa shape index (κ1) is 14.9. The lowest BCUT2D eigenvalue weighted by molar-refractivity contribution is -0.0765. The minimum Gasteiger partial charge on any atom is -0.491 e. The number of hydrogen-bond acceptors (Lipinski definition) is 6. The van der Waals surface area contributed by atoms with Gasteiger partial charge >= 0.3 is 0 Å². The van der Waals surface area contributed by atoms with Gasteiger partial charge < -0.3 is 9.47 Å². The summed E-state index contributed by atoms with van der Waals surface area (Å²) >= 11 is 4.55. The molecule has 2 bridgehead atoms. The number of ether oxygens (including phenoxy) is 2. The van der Waals surface area contributed by atoms with E-state index in [0.717, 1.165) is 19.6 Å². The number of piperazine rings is 1. The number of methoxy groups -OCH3 is 2. The summed E-state index contributed by atoms with van der Waals surface area (Å²) in [5.74, 6) is 1.24. The van der Waals surface area contributed by atoms with Crippen molar-refractivity contribution in [3.63, 3.8) is 0 Å². The van der Waals surface area contributed by atoms with Crippen molar-refractivity contribution in [1.29, 1.82) is 0 Å². The van der Waals surface area contributed by atoms with E-state index in [1.807, 2.05) is 12.3 Å². The number of nitrogens with zero attached hydrogens (tertiary/aromatic N) is 3. The van der Waals surface area contributed by atoms with E-state index in [-0.39, 0.29) is 0 Å². The Kier molecular flexibility index (Phi) is 4.28. The molecule has 6 heteroatoms. The second-order valence-electron chi connectivity index (χ2n) is 5.86. The Morgan fingerprint density at radius 3 is 2.62 bits per heavy atom. The Labute approximate surface area is 131 Å². The highest BCUT2D eigenvalue weighted by molar-refractivity contribution is 7.80. The van der Waals surface area contributed by atoms with Gasteiger partial charge in [0.15, 0.2) is 5.75 Å². The van der Waals surface area contributed by atoms with E-state index in [1.54, 1.807) is 14.2 Å². The molecule has 1 aromatic heterocycles. The van der Waals surface area contributed by atoms with E-state index < -0.39 is 0 Å². The van der Waals surface area contributed by atoms with Crippen LogP contribution in [0.25, 0.3) is 0 Å². The average molecular weight is 309 g/mol. The number of hydrogen-bond donors (Lipinski definition) is 1. The van der Waals surface area contributed by atoms with Gasteiger partial charge in [0.25, 0.3) is 5.88 Å². The van der Waals surface area contributed by atoms with E-state index in [9.17, 15) is 0 Å². The van der Waals surface area contributed by atoms with Gasteiger partial charge in [-0.2, -0.15) is 12.6 Å². The molecule has 0 aliphatic carbocycles. The van der Waals surface area contributed by atoms with Crippen LogP contribution in [-0.4, -0.2) is 59.6 Å². The standard InChI is InChI=1S/C15H23N3O2S/c1-10(21)17-8-12-5-13(9-17)18(12)7-11-4-14(19-2)15(20-3)16-6-11/h4,6,10,12-13,21H,5,7-9H2,1-3H3. The summed E-state index contributed by atoms with van der Waals surface area (Å²) < 4.78 is 10.5. The molecule has 3 unspecified atom stereocenters. The zero-order chi connectivity index (χ0) is 15.0. The van der Waals surface area contributed by atoms with Crippen LogP contribution in [-0.2, 0) is 6.54 Å². The second-order valence-corrected chi connectivity index (χ2v) is 6.60. The maximum Gasteiger partial charge on any atom is 0.256 e. The predicted octanol–water partition coefficient (Wildman–Crippen LogP) is 1.63. The Hall–Kier alpha value is -0.980. The quantitative estimate of drug-likeness (QED) is 0.837. The third-order valence-corrected chi connectivity index (χ3v) is 4.88. The molecule has 3 heterocycles. The van der Waals surface area contributed by atoms with Crippen LogP contribution in [0.15, 0.2) is 12.3 Å². The maximum absolute atomic E-state index is 5.33. The molecule has 3 rings (SSSR count). The molecule has 0 N–H and O–H groups in total. The molecule has 0 amide bonds. The highest BCUT2D eigenvalue weighted by Gasteiger charge is 2.44. The van der Waals surface area contributed by atoms with Crippen LogP contribution >= 0.6 is 12.6 Å². The smallest absolute Gasteiger partial charge is 0.256 e. The third kappa shape index (κ3) is 2.84. The molecular weight excluding hydrogens is 286 g/mol. The third-order valence-electron chi connectivity index (χ3n) is 4.55. The number of piperidine rings is 1. The predicted molar refractivity (Wildman–Crippen MR) is 85.1 cm³/mol. The largest absolute Gasteiger partial charge is 0.491 e. The number of thiol groups is 1. The van der Waals surface area contributed by atoms with E-state index in [2.05, 4.69) is 34.3 Å². The fourth-order valence-electron chi connectivity index (χ4n) is 3.35. The minimum absolute atomic E-state index is 0.347. The first-order valence-corrected chi connectivity index (χ1v) is 7.88. The van der Waals surface area contributed by atoms with Gasteiger partial charge in [-0.3, -0.25) is 9.80 Å². The molecule has 116 valence electrons. The van der Waals surface area contributed by atoms with Gasteiger partial charge in [0.05, 0.1) is 19.6 Å². The summed E-state index contributed by atoms with van der Waals surface area (Å²) in [5, 5.41) is 0.347. The van der Waals surface area contributed by atoms with Crippen molar-refractivity contribution in [2.24, 2.45) is 0 Å². The first-order chi connectivity index (χ1) is 10.1. The van der Waals surface area contributed by atoms with Crippen LogP contribution in [0.2, 0.25) is 0 Å². The van der Waals surface area contributed by atoms with Crippen molar-refractivity contribution >= 4 is 12.6 Å². The molecule has 1 aromatic rings. The summed E-state index contributed by atoms with van der Waals surface area (Å²) in [6, 6.07) is 3.32. The number of likely N-dealkylation sites (tertiary alicyclic amines) is 2. The van der Waals surface area contributed by atoms with Crippen LogP contribution in [0, 0.1) is 0 Å². The van der Waals surface area contributed by atoms with Gasteiger partial charge in [0, 0.05) is 37.9 Å². The lowest BCUT2D eigenvalue weighted by Gasteiger charge is -2.57. The Balaban J connectivity index is 1.66. The number of fused-ring (bicyclic) bond motifs is 2. The number of pyridine rings is 1. The second kappa shape index (κ2) is 6.02. The SMILES string of the molecule is COc1cc(CN2C3CC2CN(C(C)S)C3)cnc1OC. The zero-order valence-electron chi connectivity index (χ0n) is 12.8. The van der Waals surface area contributed by atoms with Gasteiger partial charge in [-0.1, -0.05) is 0 Å². The van der Waals surface area contributed by atoms with Crippen molar-refractivity contribution < 1.29 is 9.47 Å². The molecule has 2 aliphatic rings. The Bertz CT molecular complexity index is 500. The van der Waals surface area contributed by atoms with Crippen molar-refractivity contribution in [2.45, 2.75) is 37.3 Å². The van der Waals surface area contributed by atoms with E-state index in [4.69, 9.17) is 9.47 Å². The molecule has 2 saturated heterocycles. The molecule has 0 spiro atoms. The lowest BCUT2D eigenvalue weighted by atomic mass is 9.87. The minimum atomic E-state index is 0.347. The normalized spacial score (nSPS) is 27.0. The summed E-state index contributed by atoms with van der Waals surface area (Å²) in [6.45, 7) is 5.30. The molecule has 3 atom stereocenters. The van der Waals surface area contributed by atoms with Crippen LogP contribution in [0.4, 0.5) is 0 Å². The molecule has 0 radical (unpaired) electrons. The molecule has 0 saturated carbocycles. The van der Waals surface area contributed by atoms with Crippen molar-refractivity contribution in [3.8, 4) is 11.6 Å². The van der Waals surface area contributed by atoms with Gasteiger partial charge in [0.1, 0.15) is 0 Å². The molecular formula is C15H23N3O2S. The Morgan fingerprint density at radius 2 is 2.05 bits per heavy atom.